The van der Waals surface area contributed by atoms with E-state index in [0.29, 0.717) is 41.7 Å². The van der Waals surface area contributed by atoms with Crippen LogP contribution in [0.3, 0.4) is 0 Å². The molecule has 1 aliphatic rings. The maximum atomic E-state index is 14.0. The molecule has 250 valence electrons. The summed E-state index contributed by atoms with van der Waals surface area (Å²) in [6, 6.07) is 28.5. The van der Waals surface area contributed by atoms with Gasteiger partial charge in [-0.2, -0.15) is 0 Å². The van der Waals surface area contributed by atoms with Crippen LogP contribution in [0.4, 0.5) is 16.2 Å². The van der Waals surface area contributed by atoms with E-state index in [1.54, 1.807) is 48.5 Å². The van der Waals surface area contributed by atoms with Gasteiger partial charge in [0.1, 0.15) is 18.1 Å². The van der Waals surface area contributed by atoms with E-state index in [9.17, 15) is 14.4 Å². The van der Waals surface area contributed by atoms with E-state index in [0.717, 1.165) is 28.4 Å². The van der Waals surface area contributed by atoms with Crippen molar-refractivity contribution in [2.75, 3.05) is 38.1 Å². The van der Waals surface area contributed by atoms with E-state index in [1.165, 1.54) is 14.2 Å². The minimum atomic E-state index is -0.449. The number of likely N-dealkylation sites (tertiary alicyclic amines) is 1. The number of carbonyl (C=O) groups excluding carboxylic acids is 3. The van der Waals surface area contributed by atoms with Gasteiger partial charge in [0.05, 0.1) is 62.9 Å². The highest BCUT2D eigenvalue weighted by molar-refractivity contribution is 9.10. The second kappa shape index (κ2) is 16.8. The summed E-state index contributed by atoms with van der Waals surface area (Å²) < 4.78 is 23.4. The van der Waals surface area contributed by atoms with Gasteiger partial charge in [0.25, 0.3) is 0 Å². The van der Waals surface area contributed by atoms with Gasteiger partial charge in [-0.05, 0) is 82.4 Å². The minimum Gasteiger partial charge on any atom is -0.495 e. The van der Waals surface area contributed by atoms with Crippen molar-refractivity contribution >= 4 is 45.2 Å². The van der Waals surface area contributed by atoms with Crippen molar-refractivity contribution < 1.29 is 33.3 Å². The molecule has 1 heterocycles. The van der Waals surface area contributed by atoms with Gasteiger partial charge in [-0.15, -0.1) is 0 Å². The Balaban J connectivity index is 1.27. The number of rotatable bonds is 13. The zero-order valence-corrected chi connectivity index (χ0v) is 28.4. The topological polar surface area (TPSA) is 115 Å². The highest BCUT2D eigenvalue weighted by atomic mass is 79.9. The Labute approximate surface area is 288 Å². The number of benzene rings is 4. The molecule has 0 spiro atoms. The molecule has 2 unspecified atom stereocenters. The molecule has 4 aromatic carbocycles. The van der Waals surface area contributed by atoms with Gasteiger partial charge in [-0.25, -0.2) is 9.59 Å². The van der Waals surface area contributed by atoms with E-state index in [-0.39, 0.29) is 31.0 Å². The average Bonchev–Trinajstić information content (AvgIpc) is 3.52. The number of urea groups is 1. The Morgan fingerprint density at radius 1 is 0.792 bits per heavy atom. The molecule has 0 radical (unpaired) electrons. The van der Waals surface area contributed by atoms with Crippen LogP contribution in [-0.4, -0.2) is 62.3 Å². The van der Waals surface area contributed by atoms with Crippen molar-refractivity contribution in [1.82, 2.24) is 4.90 Å². The summed E-state index contributed by atoms with van der Waals surface area (Å²) in [5.74, 6) is 0.421. The smallest absolute Gasteiger partial charge is 0.337 e. The molecule has 0 saturated carbocycles. The predicted octanol–water partition coefficient (Wildman–Crippen LogP) is 7.09. The summed E-state index contributed by atoms with van der Waals surface area (Å²) in [5, 5.41) is 5.62. The van der Waals surface area contributed by atoms with Crippen molar-refractivity contribution in [3.63, 3.8) is 0 Å². The lowest BCUT2D eigenvalue weighted by molar-refractivity contribution is -0.135. The normalized spacial score (nSPS) is 15.4. The number of esters is 1. The maximum Gasteiger partial charge on any atom is 0.337 e. The van der Waals surface area contributed by atoms with Crippen LogP contribution < -0.4 is 20.1 Å². The molecule has 2 atom stereocenters. The van der Waals surface area contributed by atoms with E-state index >= 15 is 0 Å². The van der Waals surface area contributed by atoms with Crippen LogP contribution in [0.1, 0.15) is 34.3 Å². The molecule has 0 aromatic heterocycles. The number of para-hydroxylation sites is 1. The molecular weight excluding hydrogens is 678 g/mol. The van der Waals surface area contributed by atoms with Crippen LogP contribution in [0.2, 0.25) is 0 Å². The zero-order chi connectivity index (χ0) is 33.9. The molecule has 48 heavy (non-hydrogen) atoms. The summed E-state index contributed by atoms with van der Waals surface area (Å²) in [6.07, 6.45) is 1.61. The Hall–Kier alpha value is -4.87. The Morgan fingerprint density at radius 2 is 1.52 bits per heavy atom. The van der Waals surface area contributed by atoms with Crippen molar-refractivity contribution in [3.8, 4) is 11.5 Å². The van der Waals surface area contributed by atoms with E-state index in [1.807, 2.05) is 53.4 Å². The monoisotopic (exact) mass is 715 g/mol. The predicted molar refractivity (Wildman–Crippen MR) is 187 cm³/mol. The lowest BCUT2D eigenvalue weighted by atomic mass is 10.1. The lowest BCUT2D eigenvalue weighted by Gasteiger charge is -2.30. The first-order valence-electron chi connectivity index (χ1n) is 15.6. The van der Waals surface area contributed by atoms with Crippen molar-refractivity contribution in [2.45, 2.75) is 38.0 Å². The van der Waals surface area contributed by atoms with Crippen molar-refractivity contribution in [3.05, 3.63) is 118 Å². The minimum absolute atomic E-state index is 0.0767. The number of anilines is 2. The van der Waals surface area contributed by atoms with Gasteiger partial charge in [-0.1, -0.05) is 54.6 Å². The van der Waals surface area contributed by atoms with Crippen LogP contribution in [0, 0.1) is 0 Å². The molecule has 0 bridgehead atoms. The number of amides is 3. The second-order valence-corrected chi connectivity index (χ2v) is 12.1. The van der Waals surface area contributed by atoms with Crippen molar-refractivity contribution in [2.24, 2.45) is 0 Å². The number of ether oxygens (including phenoxy) is 4. The molecule has 11 heteroatoms. The third-order valence-corrected chi connectivity index (χ3v) is 8.71. The first-order chi connectivity index (χ1) is 23.3. The maximum absolute atomic E-state index is 14.0. The fraction of sp³-hybridized carbons (Fsp3) is 0.270. The molecule has 1 aliphatic heterocycles. The van der Waals surface area contributed by atoms with E-state index in [4.69, 9.17) is 18.9 Å². The number of nitrogens with zero attached hydrogens (tertiary/aromatic N) is 1. The number of halogens is 1. The average molecular weight is 717 g/mol. The second-order valence-electron chi connectivity index (χ2n) is 11.3. The quantitative estimate of drug-likeness (QED) is 0.142. The molecule has 3 amide bonds. The van der Waals surface area contributed by atoms with Crippen LogP contribution in [0.25, 0.3) is 0 Å². The highest BCUT2D eigenvalue weighted by Crippen LogP contribution is 2.30. The SMILES string of the molecule is COC(=O)c1cccc(OCC2CCC(COCc3ccccc3)N2C(=O)Cc2ccc(NC(=O)Nc3ccccc3Br)c(OC)c2)c1. The largest absolute Gasteiger partial charge is 0.495 e. The first kappa shape index (κ1) is 34.5. The molecule has 1 fully saturated rings. The summed E-state index contributed by atoms with van der Waals surface area (Å²) >= 11 is 3.43. The Kier molecular flexibility index (Phi) is 12.1. The molecule has 0 aliphatic carbocycles. The summed E-state index contributed by atoms with van der Waals surface area (Å²) in [7, 11) is 2.85. The van der Waals surface area contributed by atoms with Crippen LogP contribution in [0.15, 0.2) is 102 Å². The van der Waals surface area contributed by atoms with Gasteiger partial charge in [0.2, 0.25) is 5.91 Å². The molecule has 5 rings (SSSR count). The fourth-order valence-electron chi connectivity index (χ4n) is 5.66. The van der Waals surface area contributed by atoms with Gasteiger partial charge < -0.3 is 34.5 Å². The van der Waals surface area contributed by atoms with Gasteiger partial charge in [-0.3, -0.25) is 4.79 Å². The molecule has 4 aromatic rings. The molecule has 2 N–H and O–H groups in total. The van der Waals surface area contributed by atoms with Crippen LogP contribution in [-0.2, 0) is 27.3 Å². The van der Waals surface area contributed by atoms with Crippen molar-refractivity contribution in [1.29, 1.82) is 0 Å². The highest BCUT2D eigenvalue weighted by Gasteiger charge is 2.37. The van der Waals surface area contributed by atoms with Crippen LogP contribution >= 0.6 is 15.9 Å². The van der Waals surface area contributed by atoms with Gasteiger partial charge in [0, 0.05) is 4.47 Å². The summed E-state index contributed by atoms with van der Waals surface area (Å²) in [5.41, 5.74) is 3.27. The molecular formula is C37H38BrN3O7. The van der Waals surface area contributed by atoms with Gasteiger partial charge in [0.15, 0.2) is 0 Å². The third kappa shape index (κ3) is 9.14. The van der Waals surface area contributed by atoms with E-state index in [2.05, 4.69) is 26.6 Å². The molecule has 10 nitrogen and oxygen atoms in total. The Morgan fingerprint density at radius 3 is 2.27 bits per heavy atom. The number of hydrogen-bond donors (Lipinski definition) is 2. The number of methoxy groups -OCH3 is 2. The third-order valence-electron chi connectivity index (χ3n) is 8.02. The van der Waals surface area contributed by atoms with Crippen LogP contribution in [0.5, 0.6) is 11.5 Å². The summed E-state index contributed by atoms with van der Waals surface area (Å²) in [4.78, 5) is 40.6. The first-order valence-corrected chi connectivity index (χ1v) is 16.4. The van der Waals surface area contributed by atoms with E-state index < -0.39 is 12.0 Å². The number of nitrogens with one attached hydrogen (secondary N) is 2. The molecule has 1 saturated heterocycles. The number of carbonyl (C=O) groups is 3. The van der Waals surface area contributed by atoms with Gasteiger partial charge >= 0.3 is 12.0 Å². The fourth-order valence-corrected chi connectivity index (χ4v) is 6.04. The zero-order valence-electron chi connectivity index (χ0n) is 26.8. The number of hydrogen-bond acceptors (Lipinski definition) is 7. The summed E-state index contributed by atoms with van der Waals surface area (Å²) in [6.45, 7) is 1.08. The lowest BCUT2D eigenvalue weighted by Crippen LogP contribution is -2.46. The standard InChI is InChI=1S/C37H38BrN3O7/c1-45-34-19-26(15-18-33(34)40-37(44)39-32-14-7-6-13-31(32)38)20-35(42)41-28(23-47-22-25-9-4-3-5-10-25)16-17-29(41)24-48-30-12-8-11-27(21-30)36(43)46-2/h3-15,18-19,21,28-29H,16-17,20,22-24H2,1-2H3,(H2,39,40,44). The Bertz CT molecular complexity index is 1720.